The van der Waals surface area contributed by atoms with Crippen LogP contribution in [0.2, 0.25) is 0 Å². The first-order valence-electron chi connectivity index (χ1n) is 14.0. The molecule has 8 heteroatoms. The van der Waals surface area contributed by atoms with Crippen LogP contribution in [0.25, 0.3) is 33.4 Å². The van der Waals surface area contributed by atoms with Crippen LogP contribution in [0, 0.1) is 90.6 Å². The zero-order valence-electron chi connectivity index (χ0n) is 24.6. The van der Waals surface area contributed by atoms with Crippen molar-refractivity contribution in [3.05, 3.63) is 115 Å². The summed E-state index contributed by atoms with van der Waals surface area (Å²) in [6, 6.07) is 30.0. The molecule has 0 saturated carbocycles. The van der Waals surface area contributed by atoms with Gasteiger partial charge in [-0.1, -0.05) is 32.0 Å². The van der Waals surface area contributed by atoms with Crippen LogP contribution in [-0.4, -0.2) is 0 Å². The minimum absolute atomic E-state index is 0.172. The zero-order valence-corrected chi connectivity index (χ0v) is 24.6. The molecule has 0 heterocycles. The molecule has 5 rings (SSSR count). The number of nitriles is 8. The van der Waals surface area contributed by atoms with Gasteiger partial charge in [-0.3, -0.25) is 0 Å². The van der Waals surface area contributed by atoms with E-state index in [1.807, 2.05) is 38.1 Å². The second kappa shape index (κ2) is 12.0. The smallest absolute Gasteiger partial charge is 0.138 e. The van der Waals surface area contributed by atoms with Gasteiger partial charge in [-0.15, -0.1) is 0 Å². The van der Waals surface area contributed by atoms with Gasteiger partial charge in [0, 0.05) is 33.4 Å². The maximum atomic E-state index is 10.4. The molecule has 0 bridgehead atoms. The van der Waals surface area contributed by atoms with E-state index in [9.17, 15) is 42.1 Å². The molecule has 0 fully saturated rings. The minimum Gasteiger partial charge on any atom is -0.192 e. The molecule has 46 heavy (non-hydrogen) atoms. The summed E-state index contributed by atoms with van der Waals surface area (Å²) in [6.07, 6.45) is 1.03. The van der Waals surface area contributed by atoms with Gasteiger partial charge in [0.2, 0.25) is 0 Å². The number of allylic oxidation sites excluding steroid dienone is 8. The number of aryl methyl sites for hydroxylation is 2. The molecule has 2 aliphatic carbocycles. The van der Waals surface area contributed by atoms with Gasteiger partial charge in [-0.25, -0.2) is 0 Å². The van der Waals surface area contributed by atoms with E-state index in [1.54, 1.807) is 48.5 Å². The maximum Gasteiger partial charge on any atom is 0.138 e. The second-order valence-electron chi connectivity index (χ2n) is 10.3. The fourth-order valence-electron chi connectivity index (χ4n) is 6.13. The van der Waals surface area contributed by atoms with Gasteiger partial charge < -0.3 is 0 Å². The van der Waals surface area contributed by atoms with Crippen LogP contribution in [0.15, 0.2) is 59.7 Å². The van der Waals surface area contributed by atoms with E-state index in [1.165, 1.54) is 0 Å². The van der Waals surface area contributed by atoms with Gasteiger partial charge in [-0.2, -0.15) is 42.1 Å². The Hall–Kier alpha value is -7.46. The van der Waals surface area contributed by atoms with Crippen molar-refractivity contribution in [2.45, 2.75) is 26.7 Å². The highest BCUT2D eigenvalue weighted by atomic mass is 14.4. The lowest BCUT2D eigenvalue weighted by Gasteiger charge is -2.13. The van der Waals surface area contributed by atoms with Gasteiger partial charge in [0.15, 0.2) is 0 Å². The Morgan fingerprint density at radius 3 is 1.20 bits per heavy atom. The second-order valence-corrected chi connectivity index (χ2v) is 10.3. The number of hydrogen-bond donors (Lipinski definition) is 0. The molecular weight excluding hydrogens is 568 g/mol. The van der Waals surface area contributed by atoms with E-state index >= 15 is 0 Å². The van der Waals surface area contributed by atoms with Gasteiger partial charge >= 0.3 is 0 Å². The largest absolute Gasteiger partial charge is 0.192 e. The first kappa shape index (κ1) is 30.0. The highest BCUT2D eigenvalue weighted by molar-refractivity contribution is 6.28. The predicted molar refractivity (Wildman–Crippen MR) is 169 cm³/mol. The molecule has 0 saturated heterocycles. The van der Waals surface area contributed by atoms with E-state index in [0.717, 1.165) is 0 Å². The Morgan fingerprint density at radius 2 is 0.891 bits per heavy atom. The number of nitrogens with zero attached hydrogens (tertiary/aromatic N) is 8. The highest BCUT2D eigenvalue weighted by Crippen LogP contribution is 2.51. The lowest BCUT2D eigenvalue weighted by atomic mass is 9.88. The van der Waals surface area contributed by atoms with Gasteiger partial charge in [0.05, 0.1) is 34.4 Å². The van der Waals surface area contributed by atoms with Crippen molar-refractivity contribution in [1.82, 2.24) is 0 Å². The molecule has 210 valence electrons. The van der Waals surface area contributed by atoms with E-state index in [-0.39, 0.29) is 33.4 Å². The molecule has 3 aromatic carbocycles. The lowest BCUT2D eigenvalue weighted by molar-refractivity contribution is 1.12. The Bertz CT molecular complexity index is 2210. The molecule has 0 spiro atoms. The molecule has 2 aliphatic rings. The number of fused-ring (bicyclic) bond motifs is 2. The summed E-state index contributed by atoms with van der Waals surface area (Å²) in [7, 11) is 0. The standard InChI is InChI=1S/C38H18N8/c1-3-21-9-31-29(11-25(21)13-39)33(19-45)35(37(31)27(15-41)16-42)23-6-5-7-24(8-23)36-34(20-46)30-12-26(14-40)22(4-2)10-32(30)38(36)28(17-43)18-44/h5-12H,3-4H2,1-2H3. The van der Waals surface area contributed by atoms with E-state index < -0.39 is 0 Å². The van der Waals surface area contributed by atoms with Crippen molar-refractivity contribution in [3.8, 4) is 48.6 Å². The van der Waals surface area contributed by atoms with Crippen LogP contribution in [0.3, 0.4) is 0 Å². The fraction of sp³-hybridized carbons (Fsp3) is 0.105. The van der Waals surface area contributed by atoms with Crippen LogP contribution in [0.4, 0.5) is 0 Å². The van der Waals surface area contributed by atoms with Crippen LogP contribution < -0.4 is 0 Å². The molecule has 0 aliphatic heterocycles. The van der Waals surface area contributed by atoms with Crippen molar-refractivity contribution >= 4 is 33.4 Å². The molecule has 0 atom stereocenters. The fourth-order valence-corrected chi connectivity index (χ4v) is 6.13. The number of hydrogen-bond acceptors (Lipinski definition) is 8. The van der Waals surface area contributed by atoms with Crippen molar-refractivity contribution in [1.29, 1.82) is 42.1 Å². The van der Waals surface area contributed by atoms with Crippen molar-refractivity contribution in [2.24, 2.45) is 0 Å². The topological polar surface area (TPSA) is 190 Å². The van der Waals surface area contributed by atoms with Gasteiger partial charge in [0.25, 0.3) is 0 Å². The SMILES string of the molecule is CCc1cc2c(cc1C#N)C(C#N)=C(c1cccc(C3=C(C#N)c4cc(C#N)c(CC)cc4C3=C(C#N)C#N)c1)C2=C(C#N)C#N. The monoisotopic (exact) mass is 586 g/mol. The quantitative estimate of drug-likeness (QED) is 0.290. The Kier molecular flexibility index (Phi) is 7.85. The van der Waals surface area contributed by atoms with Crippen molar-refractivity contribution < 1.29 is 0 Å². The van der Waals surface area contributed by atoms with E-state index in [4.69, 9.17) is 0 Å². The average Bonchev–Trinajstić information content (AvgIpc) is 3.59. The third kappa shape index (κ3) is 4.39. The number of rotatable bonds is 4. The normalized spacial score (nSPS) is 12.3. The molecule has 0 N–H and O–H groups in total. The first-order chi connectivity index (χ1) is 22.4. The van der Waals surface area contributed by atoms with Gasteiger partial charge in [0.1, 0.15) is 47.6 Å². The zero-order chi connectivity index (χ0) is 33.1. The molecule has 0 amide bonds. The van der Waals surface area contributed by atoms with Crippen LogP contribution in [0.1, 0.15) is 69.5 Å². The van der Waals surface area contributed by atoms with E-state index in [2.05, 4.69) is 24.3 Å². The maximum absolute atomic E-state index is 10.4. The third-order valence-corrected chi connectivity index (χ3v) is 8.18. The molecule has 3 aromatic rings. The third-order valence-electron chi connectivity index (χ3n) is 8.18. The Morgan fingerprint density at radius 1 is 0.500 bits per heavy atom. The molecule has 8 nitrogen and oxygen atoms in total. The molecular formula is C38H18N8. The predicted octanol–water partition coefficient (Wildman–Crippen LogP) is 7.05. The summed E-state index contributed by atoms with van der Waals surface area (Å²) in [4.78, 5) is 0. The molecule has 0 aromatic heterocycles. The van der Waals surface area contributed by atoms with Crippen LogP contribution >= 0.6 is 0 Å². The van der Waals surface area contributed by atoms with Crippen LogP contribution in [-0.2, 0) is 12.8 Å². The summed E-state index contributed by atoms with van der Waals surface area (Å²) in [5, 5.41) is 80.2. The lowest BCUT2D eigenvalue weighted by Crippen LogP contribution is -1.96. The van der Waals surface area contributed by atoms with Crippen LogP contribution in [0.5, 0.6) is 0 Å². The van der Waals surface area contributed by atoms with Gasteiger partial charge in [-0.05, 0) is 76.6 Å². The van der Waals surface area contributed by atoms with E-state index in [0.29, 0.717) is 79.6 Å². The summed E-state index contributed by atoms with van der Waals surface area (Å²) in [6.45, 7) is 3.76. The summed E-state index contributed by atoms with van der Waals surface area (Å²) in [5.74, 6) is 0. The first-order valence-corrected chi connectivity index (χ1v) is 14.0. The number of benzene rings is 3. The minimum atomic E-state index is -0.211. The molecule has 0 radical (unpaired) electrons. The molecule has 0 unspecified atom stereocenters. The average molecular weight is 587 g/mol. The Balaban J connectivity index is 1.87. The van der Waals surface area contributed by atoms with Crippen molar-refractivity contribution in [3.63, 3.8) is 0 Å². The Labute approximate surface area is 265 Å². The summed E-state index contributed by atoms with van der Waals surface area (Å²) in [5.41, 5.74) is 5.95. The summed E-state index contributed by atoms with van der Waals surface area (Å²) < 4.78 is 0. The summed E-state index contributed by atoms with van der Waals surface area (Å²) >= 11 is 0. The van der Waals surface area contributed by atoms with Crippen molar-refractivity contribution in [2.75, 3.05) is 0 Å². The highest BCUT2D eigenvalue weighted by Gasteiger charge is 2.34.